The highest BCUT2D eigenvalue weighted by Gasteiger charge is 2.31. The molecular weight excluding hydrogens is 475 g/mol. The van der Waals surface area contributed by atoms with Gasteiger partial charge in [-0.1, -0.05) is 66.7 Å². The fourth-order valence-corrected chi connectivity index (χ4v) is 6.71. The Morgan fingerprint density at radius 1 is 0.886 bits per heavy atom. The highest BCUT2D eigenvalue weighted by Crippen LogP contribution is 2.53. The number of hydrogen-bond acceptors (Lipinski definition) is 4. The SMILES string of the molecule is CC[N+](CC)(CCNP1(=O)C=C(c2ccccc2)OC(c2ccccc2)=C1)CC(=O)c1cccs1. The number of Topliss-reactive ketones (excluding diaryl/α,β-unsaturated/α-hetero) is 1. The van der Waals surface area contributed by atoms with E-state index in [4.69, 9.17) is 4.74 Å². The molecule has 1 N–H and O–H groups in total. The summed E-state index contributed by atoms with van der Waals surface area (Å²) in [6.45, 7) is 7.56. The molecule has 1 aromatic heterocycles. The van der Waals surface area contributed by atoms with E-state index in [-0.39, 0.29) is 5.78 Å². The minimum Gasteiger partial charge on any atom is -0.456 e. The first-order valence-electron chi connectivity index (χ1n) is 12.0. The number of nitrogens with one attached hydrogen (secondary N) is 1. The summed E-state index contributed by atoms with van der Waals surface area (Å²) >= 11 is 1.49. The number of quaternary nitrogens is 1. The molecule has 3 aromatic rings. The first kappa shape index (κ1) is 25.3. The molecule has 0 saturated carbocycles. The van der Waals surface area contributed by atoms with Gasteiger partial charge in [-0.05, 0) is 25.3 Å². The maximum atomic E-state index is 14.1. The lowest BCUT2D eigenvalue weighted by atomic mass is 10.2. The number of ketones is 1. The van der Waals surface area contributed by atoms with Crippen LogP contribution in [0.2, 0.25) is 0 Å². The predicted molar refractivity (Wildman–Crippen MR) is 145 cm³/mol. The summed E-state index contributed by atoms with van der Waals surface area (Å²) in [5.41, 5.74) is 1.76. The second-order valence-electron chi connectivity index (χ2n) is 8.69. The molecule has 0 radical (unpaired) electrons. The minimum absolute atomic E-state index is 0.166. The van der Waals surface area contributed by atoms with Crippen LogP contribution in [0.1, 0.15) is 34.6 Å². The summed E-state index contributed by atoms with van der Waals surface area (Å²) in [6.07, 6.45) is 0. The molecule has 182 valence electrons. The molecule has 0 bridgehead atoms. The second kappa shape index (κ2) is 11.3. The normalized spacial score (nSPS) is 15.1. The van der Waals surface area contributed by atoms with Gasteiger partial charge in [0, 0.05) is 22.8 Å². The molecule has 0 fully saturated rings. The molecule has 5 nitrogen and oxygen atoms in total. The van der Waals surface area contributed by atoms with Crippen LogP contribution in [0.25, 0.3) is 11.5 Å². The van der Waals surface area contributed by atoms with Crippen molar-refractivity contribution in [3.05, 3.63) is 106 Å². The topological polar surface area (TPSA) is 55.4 Å². The maximum absolute atomic E-state index is 14.1. The average molecular weight is 508 g/mol. The van der Waals surface area contributed by atoms with Crippen molar-refractivity contribution in [2.45, 2.75) is 13.8 Å². The highest BCUT2D eigenvalue weighted by molar-refractivity contribution is 7.68. The lowest BCUT2D eigenvalue weighted by Gasteiger charge is -2.36. The van der Waals surface area contributed by atoms with Gasteiger partial charge in [0.05, 0.1) is 31.1 Å². The highest BCUT2D eigenvalue weighted by atomic mass is 32.1. The number of thiophene rings is 1. The van der Waals surface area contributed by atoms with Crippen LogP contribution in [0.4, 0.5) is 0 Å². The van der Waals surface area contributed by atoms with Crippen LogP contribution < -0.4 is 5.09 Å². The Balaban J connectivity index is 1.54. The van der Waals surface area contributed by atoms with E-state index in [1.807, 2.05) is 78.2 Å². The summed E-state index contributed by atoms with van der Waals surface area (Å²) in [6, 6.07) is 23.3. The summed E-state index contributed by atoms with van der Waals surface area (Å²) in [5.74, 6) is 4.78. The molecule has 0 saturated heterocycles. The Bertz CT molecular complexity index is 1170. The molecule has 4 rings (SSSR count). The Kier molecular flexibility index (Phi) is 8.19. The van der Waals surface area contributed by atoms with E-state index in [1.54, 1.807) is 11.6 Å². The zero-order valence-corrected chi connectivity index (χ0v) is 21.9. The molecule has 0 amide bonds. The summed E-state index contributed by atoms with van der Waals surface area (Å²) in [5, 5.41) is 5.26. The molecule has 7 heteroatoms. The third-order valence-electron chi connectivity index (χ3n) is 6.52. The van der Waals surface area contributed by atoms with E-state index in [2.05, 4.69) is 18.9 Å². The molecule has 1 aliphatic heterocycles. The average Bonchev–Trinajstić information content (AvgIpc) is 3.44. The number of ether oxygens (including phenoxy) is 1. The van der Waals surface area contributed by atoms with Gasteiger partial charge < -0.3 is 9.22 Å². The van der Waals surface area contributed by atoms with Gasteiger partial charge in [0.2, 0.25) is 5.78 Å². The standard InChI is InChI=1S/C28H32N2O3PS/c1-3-30(4-2,20-25(31)28-16-11-19-35-28)18-17-29-34(32)21-26(23-12-7-5-8-13-23)33-27(22-34)24-14-9-6-10-15-24/h5-16,19,21-22H,3-4,17-18,20H2,1-2H3,(H,29,32)/q+1. The van der Waals surface area contributed by atoms with Gasteiger partial charge in [0.25, 0.3) is 0 Å². The summed E-state index contributed by atoms with van der Waals surface area (Å²) in [7, 11) is -3.04. The Hall–Kier alpha value is -2.76. The fourth-order valence-electron chi connectivity index (χ4n) is 4.24. The Morgan fingerprint density at radius 2 is 1.46 bits per heavy atom. The van der Waals surface area contributed by atoms with Gasteiger partial charge in [-0.25, -0.2) is 0 Å². The fraction of sp³-hybridized carbons (Fsp3) is 0.250. The Labute approximate surface area is 211 Å². The smallest absolute Gasteiger partial charge is 0.226 e. The molecule has 2 heterocycles. The Morgan fingerprint density at radius 3 is 1.94 bits per heavy atom. The van der Waals surface area contributed by atoms with E-state index in [0.29, 0.717) is 35.6 Å². The van der Waals surface area contributed by atoms with Gasteiger partial charge in [-0.15, -0.1) is 11.3 Å². The van der Waals surface area contributed by atoms with Crippen molar-refractivity contribution < 1.29 is 18.6 Å². The minimum atomic E-state index is -3.04. The zero-order valence-electron chi connectivity index (χ0n) is 20.2. The number of carbonyl (C=O) groups excluding carboxylic acids is 1. The van der Waals surface area contributed by atoms with E-state index in [9.17, 15) is 9.36 Å². The van der Waals surface area contributed by atoms with Gasteiger partial charge >= 0.3 is 0 Å². The molecule has 0 atom stereocenters. The van der Waals surface area contributed by atoms with Crippen LogP contribution in [0.5, 0.6) is 0 Å². The summed E-state index contributed by atoms with van der Waals surface area (Å²) < 4.78 is 20.9. The lowest BCUT2D eigenvalue weighted by Crippen LogP contribution is -2.53. The lowest BCUT2D eigenvalue weighted by molar-refractivity contribution is -0.915. The van der Waals surface area contributed by atoms with E-state index >= 15 is 0 Å². The molecule has 35 heavy (non-hydrogen) atoms. The number of likely N-dealkylation sites (N-methyl/N-ethyl adjacent to an activating group) is 1. The number of carbonyl (C=O) groups is 1. The van der Waals surface area contributed by atoms with Crippen LogP contribution in [-0.4, -0.2) is 43.0 Å². The number of nitrogens with zero attached hydrogens (tertiary/aromatic N) is 1. The van der Waals surface area contributed by atoms with Crippen LogP contribution in [0.3, 0.4) is 0 Å². The van der Waals surface area contributed by atoms with Crippen molar-refractivity contribution in [2.75, 3.05) is 32.7 Å². The van der Waals surface area contributed by atoms with Crippen LogP contribution >= 0.6 is 18.6 Å². The molecular formula is C28H32N2O3PS+. The molecule has 0 aliphatic carbocycles. The van der Waals surface area contributed by atoms with Crippen molar-refractivity contribution in [3.8, 4) is 0 Å². The van der Waals surface area contributed by atoms with Crippen molar-refractivity contribution in [1.29, 1.82) is 0 Å². The number of hydrogen-bond donors (Lipinski definition) is 1. The largest absolute Gasteiger partial charge is 0.456 e. The van der Waals surface area contributed by atoms with Gasteiger partial charge in [-0.3, -0.25) is 14.4 Å². The monoisotopic (exact) mass is 507 g/mol. The zero-order chi connectivity index (χ0) is 24.7. The molecule has 1 aliphatic rings. The van der Waals surface area contributed by atoms with E-state index in [0.717, 1.165) is 29.1 Å². The van der Waals surface area contributed by atoms with E-state index in [1.165, 1.54) is 11.3 Å². The van der Waals surface area contributed by atoms with Crippen molar-refractivity contribution in [3.63, 3.8) is 0 Å². The molecule has 2 aromatic carbocycles. The molecule has 0 unspecified atom stereocenters. The van der Waals surface area contributed by atoms with Gasteiger partial charge in [-0.2, -0.15) is 0 Å². The first-order valence-corrected chi connectivity index (χ1v) is 14.7. The number of benzene rings is 2. The first-order chi connectivity index (χ1) is 17.0. The predicted octanol–water partition coefficient (Wildman–Crippen LogP) is 6.68. The van der Waals surface area contributed by atoms with Gasteiger partial charge in [0.15, 0.2) is 7.29 Å². The van der Waals surface area contributed by atoms with Crippen LogP contribution in [0, 0.1) is 0 Å². The maximum Gasteiger partial charge on any atom is 0.226 e. The van der Waals surface area contributed by atoms with Crippen molar-refractivity contribution >= 4 is 35.9 Å². The van der Waals surface area contributed by atoms with Gasteiger partial charge in [0.1, 0.15) is 18.1 Å². The third-order valence-corrected chi connectivity index (χ3v) is 9.38. The third kappa shape index (κ3) is 6.28. The second-order valence-corrected chi connectivity index (χ2v) is 11.9. The van der Waals surface area contributed by atoms with Crippen LogP contribution in [0.15, 0.2) is 89.8 Å². The van der Waals surface area contributed by atoms with Crippen molar-refractivity contribution in [2.24, 2.45) is 0 Å². The molecule has 0 spiro atoms. The quantitative estimate of drug-likeness (QED) is 0.179. The number of rotatable bonds is 11. The van der Waals surface area contributed by atoms with E-state index < -0.39 is 7.29 Å². The summed E-state index contributed by atoms with van der Waals surface area (Å²) in [4.78, 5) is 13.6. The van der Waals surface area contributed by atoms with Crippen molar-refractivity contribution in [1.82, 2.24) is 5.09 Å². The van der Waals surface area contributed by atoms with Crippen LogP contribution in [-0.2, 0) is 9.30 Å².